The lowest BCUT2D eigenvalue weighted by Gasteiger charge is -2.32. The Kier molecular flexibility index (Phi) is 3.86. The lowest BCUT2D eigenvalue weighted by atomic mass is 9.80. The SMILES string of the molecule is CC1(C)OB(c2ccc(-c3cccc4c3=CCCC=4)nc2)OC1(C)C. The average Bonchev–Trinajstić information content (AvgIpc) is 2.82. The van der Waals surface area contributed by atoms with Gasteiger partial charge in [-0.25, -0.2) is 0 Å². The van der Waals surface area contributed by atoms with E-state index in [1.807, 2.05) is 6.20 Å². The molecule has 1 aromatic carbocycles. The zero-order chi connectivity index (χ0) is 17.7. The van der Waals surface area contributed by atoms with Crippen LogP contribution in [0.3, 0.4) is 0 Å². The van der Waals surface area contributed by atoms with Crippen LogP contribution in [0.1, 0.15) is 40.5 Å². The molecule has 1 aliphatic carbocycles. The summed E-state index contributed by atoms with van der Waals surface area (Å²) in [7, 11) is -0.365. The molecule has 0 unspecified atom stereocenters. The van der Waals surface area contributed by atoms with Gasteiger partial charge in [-0.1, -0.05) is 36.4 Å². The summed E-state index contributed by atoms with van der Waals surface area (Å²) in [5.41, 5.74) is 2.47. The van der Waals surface area contributed by atoms with E-state index >= 15 is 0 Å². The topological polar surface area (TPSA) is 31.4 Å². The van der Waals surface area contributed by atoms with Crippen molar-refractivity contribution in [1.29, 1.82) is 0 Å². The van der Waals surface area contributed by atoms with Gasteiger partial charge in [-0.15, -0.1) is 0 Å². The molecule has 2 aromatic rings. The second-order valence-electron chi connectivity index (χ2n) is 7.86. The number of pyridine rings is 1. The molecule has 2 heterocycles. The van der Waals surface area contributed by atoms with E-state index in [1.165, 1.54) is 16.0 Å². The summed E-state index contributed by atoms with van der Waals surface area (Å²) in [6, 6.07) is 10.6. The van der Waals surface area contributed by atoms with Gasteiger partial charge >= 0.3 is 7.12 Å². The van der Waals surface area contributed by atoms with Crippen molar-refractivity contribution in [2.45, 2.75) is 51.7 Å². The molecule has 2 aliphatic rings. The molecule has 1 saturated heterocycles. The monoisotopic (exact) mass is 333 g/mol. The Hall–Kier alpha value is -1.91. The average molecular weight is 333 g/mol. The minimum absolute atomic E-state index is 0.334. The Morgan fingerprint density at radius 3 is 2.32 bits per heavy atom. The number of hydrogen-bond acceptors (Lipinski definition) is 3. The smallest absolute Gasteiger partial charge is 0.399 e. The Balaban J connectivity index is 1.67. The molecule has 1 aromatic heterocycles. The number of nitrogens with zero attached hydrogens (tertiary/aromatic N) is 1. The van der Waals surface area contributed by atoms with E-state index in [-0.39, 0.29) is 18.3 Å². The standard InChI is InChI=1S/C21H24BNO2/c1-20(2)21(3,4)25-22(24-20)16-12-13-19(23-14-16)18-11-7-9-15-8-5-6-10-17(15)18/h7-14H,5-6H2,1-4H3. The first-order valence-electron chi connectivity index (χ1n) is 8.99. The van der Waals surface area contributed by atoms with E-state index in [0.717, 1.165) is 24.0 Å². The van der Waals surface area contributed by atoms with Crippen molar-refractivity contribution in [3.05, 3.63) is 47.0 Å². The van der Waals surface area contributed by atoms with Crippen LogP contribution in [0.4, 0.5) is 0 Å². The third kappa shape index (κ3) is 2.84. The van der Waals surface area contributed by atoms with E-state index in [1.54, 1.807) is 0 Å². The van der Waals surface area contributed by atoms with Crippen LogP contribution in [0.5, 0.6) is 0 Å². The maximum atomic E-state index is 6.11. The summed E-state index contributed by atoms with van der Waals surface area (Å²) in [6.45, 7) is 8.27. The van der Waals surface area contributed by atoms with Crippen molar-refractivity contribution in [3.8, 4) is 11.3 Å². The largest absolute Gasteiger partial charge is 0.496 e. The summed E-state index contributed by atoms with van der Waals surface area (Å²) in [5, 5.41) is 2.60. The number of rotatable bonds is 2. The zero-order valence-electron chi connectivity index (χ0n) is 15.4. The summed E-state index contributed by atoms with van der Waals surface area (Å²) in [6.07, 6.45) is 8.70. The third-order valence-corrected chi connectivity index (χ3v) is 5.61. The molecule has 3 nitrogen and oxygen atoms in total. The third-order valence-electron chi connectivity index (χ3n) is 5.61. The first-order chi connectivity index (χ1) is 11.9. The fraction of sp³-hybridized carbons (Fsp3) is 0.381. The van der Waals surface area contributed by atoms with Crippen LogP contribution >= 0.6 is 0 Å². The second kappa shape index (κ2) is 5.82. The molecule has 25 heavy (non-hydrogen) atoms. The molecule has 0 radical (unpaired) electrons. The molecular weight excluding hydrogens is 309 g/mol. The number of benzene rings is 1. The van der Waals surface area contributed by atoms with Gasteiger partial charge in [0.1, 0.15) is 0 Å². The van der Waals surface area contributed by atoms with Gasteiger partial charge in [0.2, 0.25) is 0 Å². The van der Waals surface area contributed by atoms with Crippen LogP contribution in [-0.2, 0) is 9.31 Å². The van der Waals surface area contributed by atoms with E-state index in [0.29, 0.717) is 0 Å². The predicted octanol–water partition coefficient (Wildman–Crippen LogP) is 2.40. The minimum Gasteiger partial charge on any atom is -0.399 e. The predicted molar refractivity (Wildman–Crippen MR) is 103 cm³/mol. The van der Waals surface area contributed by atoms with Gasteiger partial charge in [0.25, 0.3) is 0 Å². The zero-order valence-corrected chi connectivity index (χ0v) is 15.4. The van der Waals surface area contributed by atoms with Gasteiger partial charge in [-0.2, -0.15) is 0 Å². The van der Waals surface area contributed by atoms with Gasteiger partial charge in [0.15, 0.2) is 0 Å². The van der Waals surface area contributed by atoms with Gasteiger partial charge in [-0.3, -0.25) is 4.98 Å². The lowest BCUT2D eigenvalue weighted by Crippen LogP contribution is -2.41. The summed E-state index contributed by atoms with van der Waals surface area (Å²) in [4.78, 5) is 4.70. The van der Waals surface area contributed by atoms with E-state index in [2.05, 4.69) is 70.2 Å². The van der Waals surface area contributed by atoms with Crippen molar-refractivity contribution in [1.82, 2.24) is 4.98 Å². The Morgan fingerprint density at radius 1 is 0.920 bits per heavy atom. The molecule has 0 bridgehead atoms. The van der Waals surface area contributed by atoms with E-state index < -0.39 is 0 Å². The van der Waals surface area contributed by atoms with E-state index in [9.17, 15) is 0 Å². The summed E-state index contributed by atoms with van der Waals surface area (Å²) in [5.74, 6) is 0. The first kappa shape index (κ1) is 16.6. The molecule has 0 N–H and O–H groups in total. The maximum Gasteiger partial charge on any atom is 0.496 e. The molecule has 1 aliphatic heterocycles. The number of aromatic nitrogens is 1. The van der Waals surface area contributed by atoms with Crippen molar-refractivity contribution >= 4 is 24.7 Å². The maximum absolute atomic E-state index is 6.11. The van der Waals surface area contributed by atoms with Gasteiger partial charge in [0.05, 0.1) is 16.9 Å². The highest BCUT2D eigenvalue weighted by Crippen LogP contribution is 2.36. The Morgan fingerprint density at radius 2 is 1.64 bits per heavy atom. The molecule has 1 fully saturated rings. The highest BCUT2D eigenvalue weighted by atomic mass is 16.7. The molecule has 0 spiro atoms. The van der Waals surface area contributed by atoms with Gasteiger partial charge in [0, 0.05) is 17.2 Å². The second-order valence-corrected chi connectivity index (χ2v) is 7.86. The van der Waals surface area contributed by atoms with Crippen molar-refractivity contribution < 1.29 is 9.31 Å². The van der Waals surface area contributed by atoms with Crippen molar-refractivity contribution in [3.63, 3.8) is 0 Å². The normalized spacial score (nSPS) is 20.6. The summed E-state index contributed by atoms with van der Waals surface area (Å²) >= 11 is 0. The highest BCUT2D eigenvalue weighted by molar-refractivity contribution is 6.62. The summed E-state index contributed by atoms with van der Waals surface area (Å²) < 4.78 is 12.2. The quantitative estimate of drug-likeness (QED) is 0.791. The first-order valence-corrected chi connectivity index (χ1v) is 8.99. The number of hydrogen-bond donors (Lipinski definition) is 0. The van der Waals surface area contributed by atoms with Crippen LogP contribution in [0.15, 0.2) is 36.5 Å². The number of fused-ring (bicyclic) bond motifs is 1. The van der Waals surface area contributed by atoms with Gasteiger partial charge in [-0.05, 0) is 57.0 Å². The lowest BCUT2D eigenvalue weighted by molar-refractivity contribution is 0.00578. The fourth-order valence-electron chi connectivity index (χ4n) is 3.36. The Bertz CT molecular complexity index is 900. The molecular formula is C21H24BNO2. The molecule has 0 atom stereocenters. The van der Waals surface area contributed by atoms with Crippen LogP contribution in [-0.4, -0.2) is 23.3 Å². The molecule has 4 heteroatoms. The highest BCUT2D eigenvalue weighted by Gasteiger charge is 2.51. The Labute approximate surface area is 149 Å². The van der Waals surface area contributed by atoms with Crippen molar-refractivity contribution in [2.75, 3.05) is 0 Å². The molecule has 4 rings (SSSR count). The van der Waals surface area contributed by atoms with Crippen molar-refractivity contribution in [2.24, 2.45) is 0 Å². The minimum atomic E-state index is -0.365. The molecule has 0 saturated carbocycles. The molecule has 0 amide bonds. The molecule has 128 valence electrons. The van der Waals surface area contributed by atoms with Crippen LogP contribution in [0, 0.1) is 0 Å². The van der Waals surface area contributed by atoms with Crippen LogP contribution in [0.25, 0.3) is 23.4 Å². The van der Waals surface area contributed by atoms with Crippen LogP contribution < -0.4 is 15.9 Å². The van der Waals surface area contributed by atoms with Gasteiger partial charge < -0.3 is 9.31 Å². The van der Waals surface area contributed by atoms with E-state index in [4.69, 9.17) is 14.3 Å². The van der Waals surface area contributed by atoms with Crippen LogP contribution in [0.2, 0.25) is 0 Å². The fourth-order valence-corrected chi connectivity index (χ4v) is 3.36.